The van der Waals surface area contributed by atoms with Gasteiger partial charge in [0.05, 0.1) is 4.90 Å². The van der Waals surface area contributed by atoms with Gasteiger partial charge >= 0.3 is 11.8 Å². The Morgan fingerprint density at radius 1 is 1.00 bits per heavy atom. The number of nitrogens with zero attached hydrogens (tertiary/aromatic N) is 1. The number of amides is 2. The maximum Gasteiger partial charge on any atom is 0.309 e. The van der Waals surface area contributed by atoms with Crippen LogP contribution in [0.4, 0.5) is 0 Å². The van der Waals surface area contributed by atoms with Crippen molar-refractivity contribution in [2.75, 3.05) is 19.9 Å². The van der Waals surface area contributed by atoms with Gasteiger partial charge in [-0.1, -0.05) is 30.2 Å². The van der Waals surface area contributed by atoms with Crippen molar-refractivity contribution in [3.8, 4) is 11.5 Å². The molecule has 0 saturated carbocycles. The van der Waals surface area contributed by atoms with Gasteiger partial charge in [0.2, 0.25) is 16.8 Å². The second-order valence-corrected chi connectivity index (χ2v) is 10.4. The summed E-state index contributed by atoms with van der Waals surface area (Å²) in [7, 11) is -3.62. The van der Waals surface area contributed by atoms with Crippen LogP contribution in [0.5, 0.6) is 11.5 Å². The molecule has 1 unspecified atom stereocenters. The van der Waals surface area contributed by atoms with Gasteiger partial charge in [0.1, 0.15) is 0 Å². The van der Waals surface area contributed by atoms with E-state index in [2.05, 4.69) is 10.6 Å². The predicted octanol–water partition coefficient (Wildman–Crippen LogP) is 2.09. The molecule has 1 fully saturated rings. The van der Waals surface area contributed by atoms with Gasteiger partial charge in [-0.05, 0) is 56.0 Å². The number of piperidine rings is 1. The molecule has 0 aliphatic carbocycles. The number of fused-ring (bicyclic) bond motifs is 1. The average molecular weight is 488 g/mol. The number of aryl methyl sites for hydroxylation is 1. The summed E-state index contributed by atoms with van der Waals surface area (Å²) in [6, 6.07) is 11.9. The molecule has 0 bridgehead atoms. The Morgan fingerprint density at radius 3 is 2.53 bits per heavy atom. The third kappa shape index (κ3) is 5.51. The summed E-state index contributed by atoms with van der Waals surface area (Å²) in [4.78, 5) is 24.7. The van der Waals surface area contributed by atoms with E-state index in [1.807, 2.05) is 6.92 Å². The first kappa shape index (κ1) is 24.0. The fourth-order valence-corrected chi connectivity index (χ4v) is 5.89. The van der Waals surface area contributed by atoms with Gasteiger partial charge in [0.15, 0.2) is 11.5 Å². The van der Waals surface area contributed by atoms with Crippen molar-refractivity contribution in [2.45, 2.75) is 50.1 Å². The Kier molecular flexibility index (Phi) is 7.38. The Bertz CT molecular complexity index is 1150. The molecule has 0 radical (unpaired) electrons. The smallest absolute Gasteiger partial charge is 0.309 e. The van der Waals surface area contributed by atoms with Crippen LogP contribution in [-0.2, 0) is 26.2 Å². The lowest BCUT2D eigenvalue weighted by atomic mass is 10.0. The molecular weight excluding hydrogens is 458 g/mol. The molecule has 0 aromatic heterocycles. The molecule has 2 aromatic carbocycles. The summed E-state index contributed by atoms with van der Waals surface area (Å²) in [6.45, 7) is 2.91. The summed E-state index contributed by atoms with van der Waals surface area (Å²) in [5.41, 5.74) is 1.78. The van der Waals surface area contributed by atoms with E-state index < -0.39 is 21.8 Å². The van der Waals surface area contributed by atoms with Gasteiger partial charge in [0.25, 0.3) is 0 Å². The number of hydrogen-bond acceptors (Lipinski definition) is 6. The molecule has 2 aliphatic heterocycles. The van der Waals surface area contributed by atoms with Crippen molar-refractivity contribution in [1.29, 1.82) is 0 Å². The van der Waals surface area contributed by atoms with E-state index in [1.165, 1.54) is 4.31 Å². The Balaban J connectivity index is 1.27. The SMILES string of the molecule is Cc1ccc(S(=O)(=O)N2CCCCC2CCNC(=O)C(=O)NCc2ccc3c(c2)OCO3)cc1. The second-order valence-electron chi connectivity index (χ2n) is 8.49. The van der Waals surface area contributed by atoms with Crippen molar-refractivity contribution in [3.05, 3.63) is 53.6 Å². The molecule has 2 aromatic rings. The lowest BCUT2D eigenvalue weighted by Crippen LogP contribution is -2.46. The van der Waals surface area contributed by atoms with Gasteiger partial charge in [-0.3, -0.25) is 9.59 Å². The van der Waals surface area contributed by atoms with Crippen molar-refractivity contribution in [1.82, 2.24) is 14.9 Å². The first-order valence-electron chi connectivity index (χ1n) is 11.4. The number of nitrogens with one attached hydrogen (secondary N) is 2. The molecular formula is C24H29N3O6S. The minimum atomic E-state index is -3.62. The third-order valence-electron chi connectivity index (χ3n) is 6.06. The van der Waals surface area contributed by atoms with Gasteiger partial charge < -0.3 is 20.1 Å². The number of hydrogen-bond donors (Lipinski definition) is 2. The Morgan fingerprint density at radius 2 is 1.74 bits per heavy atom. The molecule has 34 heavy (non-hydrogen) atoms. The van der Waals surface area contributed by atoms with Crippen LogP contribution < -0.4 is 20.1 Å². The highest BCUT2D eigenvalue weighted by atomic mass is 32.2. The maximum absolute atomic E-state index is 13.2. The fourth-order valence-electron chi connectivity index (χ4n) is 4.17. The molecule has 2 aliphatic rings. The standard InChI is InChI=1S/C24H29N3O6S/c1-17-5-8-20(9-6-17)34(30,31)27-13-3-2-4-19(27)11-12-25-23(28)24(29)26-15-18-7-10-21-22(14-18)33-16-32-21/h5-10,14,19H,2-4,11-13,15-16H2,1H3,(H,25,28)(H,26,29). The lowest BCUT2D eigenvalue weighted by Gasteiger charge is -2.34. The summed E-state index contributed by atoms with van der Waals surface area (Å²) < 4.78 is 38.4. The Labute approximate surface area is 199 Å². The van der Waals surface area contributed by atoms with E-state index in [0.717, 1.165) is 30.4 Å². The summed E-state index contributed by atoms with van der Waals surface area (Å²) >= 11 is 0. The fraction of sp³-hybridized carbons (Fsp3) is 0.417. The van der Waals surface area contributed by atoms with E-state index >= 15 is 0 Å². The first-order valence-corrected chi connectivity index (χ1v) is 12.8. The maximum atomic E-state index is 13.2. The number of carbonyl (C=O) groups is 2. The number of rotatable bonds is 7. The largest absolute Gasteiger partial charge is 0.454 e. The summed E-state index contributed by atoms with van der Waals surface area (Å²) in [5, 5.41) is 5.19. The highest BCUT2D eigenvalue weighted by Crippen LogP contribution is 2.32. The van der Waals surface area contributed by atoms with Crippen LogP contribution in [0.25, 0.3) is 0 Å². The Hall–Kier alpha value is -3.11. The van der Waals surface area contributed by atoms with Gasteiger partial charge in [0, 0.05) is 25.7 Å². The highest BCUT2D eigenvalue weighted by Gasteiger charge is 2.33. The molecule has 1 saturated heterocycles. The van der Waals surface area contributed by atoms with E-state index in [0.29, 0.717) is 24.5 Å². The van der Waals surface area contributed by atoms with Crippen molar-refractivity contribution in [2.24, 2.45) is 0 Å². The van der Waals surface area contributed by atoms with Crippen LogP contribution in [0, 0.1) is 6.92 Å². The minimum Gasteiger partial charge on any atom is -0.454 e. The van der Waals surface area contributed by atoms with E-state index in [4.69, 9.17) is 9.47 Å². The summed E-state index contributed by atoms with van der Waals surface area (Å²) in [6.07, 6.45) is 2.88. The zero-order chi connectivity index (χ0) is 24.1. The molecule has 0 spiro atoms. The van der Waals surface area contributed by atoms with Crippen molar-refractivity contribution in [3.63, 3.8) is 0 Å². The minimum absolute atomic E-state index is 0.165. The molecule has 4 rings (SSSR count). The molecule has 10 heteroatoms. The molecule has 1 atom stereocenters. The first-order chi connectivity index (χ1) is 16.3. The van der Waals surface area contributed by atoms with Crippen LogP contribution in [-0.4, -0.2) is 50.5 Å². The average Bonchev–Trinajstić information content (AvgIpc) is 3.31. The topological polar surface area (TPSA) is 114 Å². The van der Waals surface area contributed by atoms with Gasteiger partial charge in [-0.25, -0.2) is 8.42 Å². The molecule has 2 heterocycles. The van der Waals surface area contributed by atoms with Crippen molar-refractivity contribution >= 4 is 21.8 Å². The third-order valence-corrected chi connectivity index (χ3v) is 8.03. The summed E-state index contributed by atoms with van der Waals surface area (Å²) in [5.74, 6) is -0.238. The van der Waals surface area contributed by atoms with Crippen LogP contribution in [0.2, 0.25) is 0 Å². The van der Waals surface area contributed by atoms with E-state index in [9.17, 15) is 18.0 Å². The molecule has 9 nitrogen and oxygen atoms in total. The van der Waals surface area contributed by atoms with E-state index in [-0.39, 0.29) is 30.8 Å². The number of benzene rings is 2. The monoisotopic (exact) mass is 487 g/mol. The van der Waals surface area contributed by atoms with Crippen LogP contribution in [0.15, 0.2) is 47.4 Å². The van der Waals surface area contributed by atoms with Crippen LogP contribution in [0.1, 0.15) is 36.8 Å². The highest BCUT2D eigenvalue weighted by molar-refractivity contribution is 7.89. The molecule has 2 N–H and O–H groups in total. The predicted molar refractivity (Wildman–Crippen MR) is 125 cm³/mol. The quantitative estimate of drug-likeness (QED) is 0.578. The van der Waals surface area contributed by atoms with E-state index in [1.54, 1.807) is 42.5 Å². The lowest BCUT2D eigenvalue weighted by molar-refractivity contribution is -0.139. The molecule has 2 amide bonds. The van der Waals surface area contributed by atoms with Crippen molar-refractivity contribution < 1.29 is 27.5 Å². The van der Waals surface area contributed by atoms with Crippen LogP contribution >= 0.6 is 0 Å². The molecule has 182 valence electrons. The van der Waals surface area contributed by atoms with Gasteiger partial charge in [-0.15, -0.1) is 0 Å². The zero-order valence-corrected chi connectivity index (χ0v) is 19.9. The normalized spacial score (nSPS) is 17.9. The number of ether oxygens (including phenoxy) is 2. The number of sulfonamides is 1. The van der Waals surface area contributed by atoms with Crippen LogP contribution in [0.3, 0.4) is 0 Å². The second kappa shape index (κ2) is 10.4. The number of carbonyl (C=O) groups excluding carboxylic acids is 2. The zero-order valence-electron chi connectivity index (χ0n) is 19.1. The van der Waals surface area contributed by atoms with Gasteiger partial charge in [-0.2, -0.15) is 4.31 Å².